The van der Waals surface area contributed by atoms with E-state index in [2.05, 4.69) is 0 Å². The minimum atomic E-state index is -2.42. The highest BCUT2D eigenvalue weighted by Gasteiger charge is 2.45. The summed E-state index contributed by atoms with van der Waals surface area (Å²) in [4.78, 5) is 0. The van der Waals surface area contributed by atoms with Gasteiger partial charge in [0, 0.05) is 11.3 Å². The lowest BCUT2D eigenvalue weighted by molar-refractivity contribution is -0.158. The van der Waals surface area contributed by atoms with Crippen molar-refractivity contribution in [2.24, 2.45) is 0 Å². The Morgan fingerprint density at radius 2 is 1.38 bits per heavy atom. The Kier molecular flexibility index (Phi) is 15.4. The lowest BCUT2D eigenvalue weighted by Crippen LogP contribution is -2.50. The van der Waals surface area contributed by atoms with Crippen molar-refractivity contribution < 1.29 is 38.7 Å². The predicted molar refractivity (Wildman–Crippen MR) is 131 cm³/mol. The minimum absolute atomic E-state index is 0.0757. The Bertz CT molecular complexity index is 570. The van der Waals surface area contributed by atoms with E-state index in [1.807, 2.05) is 27.7 Å². The third-order valence-corrected chi connectivity index (χ3v) is 10.2. The van der Waals surface area contributed by atoms with Gasteiger partial charge in [-0.2, -0.15) is 0 Å². The summed E-state index contributed by atoms with van der Waals surface area (Å²) >= 11 is 0. The van der Waals surface area contributed by atoms with Gasteiger partial charge in [-0.15, -0.1) is 0 Å². The number of aliphatic hydroxyl groups is 3. The molecule has 0 aliphatic heterocycles. The van der Waals surface area contributed by atoms with Gasteiger partial charge in [0.25, 0.3) is 0 Å². The standard InChI is InChI=1S/C22H48O8P2/c1-16(2)29-19(14-24)20(25)22(8,30-17(3)4)32(27)12-10-9-11-31(26)21(6,7)15-28-18(5)13-23/h16-20,23-25,31-32H,9-15H2,1-8H3. The average molecular weight is 503 g/mol. The van der Waals surface area contributed by atoms with Gasteiger partial charge in [-0.05, 0) is 60.5 Å². The Balaban J connectivity index is 4.95. The third kappa shape index (κ3) is 11.1. The highest BCUT2D eigenvalue weighted by Crippen LogP contribution is 2.46. The van der Waals surface area contributed by atoms with Crippen LogP contribution in [0.2, 0.25) is 0 Å². The summed E-state index contributed by atoms with van der Waals surface area (Å²) < 4.78 is 43.1. The van der Waals surface area contributed by atoms with E-state index in [0.29, 0.717) is 31.8 Å². The Labute approximate surface area is 196 Å². The molecule has 0 amide bonds. The van der Waals surface area contributed by atoms with Crippen LogP contribution in [-0.2, 0) is 23.3 Å². The van der Waals surface area contributed by atoms with Crippen molar-refractivity contribution in [1.29, 1.82) is 0 Å². The summed E-state index contributed by atoms with van der Waals surface area (Å²) in [5.41, 5.74) is 0. The summed E-state index contributed by atoms with van der Waals surface area (Å²) in [5.74, 6) is 0. The van der Waals surface area contributed by atoms with E-state index in [4.69, 9.17) is 19.3 Å². The van der Waals surface area contributed by atoms with Crippen LogP contribution in [0.4, 0.5) is 0 Å². The fourth-order valence-electron chi connectivity index (χ4n) is 3.35. The molecule has 0 bridgehead atoms. The summed E-state index contributed by atoms with van der Waals surface area (Å²) in [7, 11) is -4.37. The van der Waals surface area contributed by atoms with Gasteiger partial charge in [-0.3, -0.25) is 0 Å². The number of rotatable bonds is 18. The molecule has 32 heavy (non-hydrogen) atoms. The van der Waals surface area contributed by atoms with Crippen LogP contribution in [0.15, 0.2) is 0 Å². The van der Waals surface area contributed by atoms with Gasteiger partial charge >= 0.3 is 0 Å². The zero-order chi connectivity index (χ0) is 25.1. The first-order valence-corrected chi connectivity index (χ1v) is 14.9. The highest BCUT2D eigenvalue weighted by molar-refractivity contribution is 7.46. The number of aliphatic hydroxyl groups excluding tert-OH is 3. The first-order valence-electron chi connectivity index (χ1n) is 11.6. The molecule has 0 radical (unpaired) electrons. The molecule has 0 spiro atoms. The Morgan fingerprint density at radius 1 is 0.844 bits per heavy atom. The van der Waals surface area contributed by atoms with Gasteiger partial charge < -0.3 is 38.7 Å². The first-order chi connectivity index (χ1) is 14.7. The van der Waals surface area contributed by atoms with Crippen molar-refractivity contribution in [1.82, 2.24) is 0 Å². The summed E-state index contributed by atoms with van der Waals surface area (Å²) in [5, 5.41) is 27.9. The molecule has 8 nitrogen and oxygen atoms in total. The molecule has 3 N–H and O–H groups in total. The maximum Gasteiger partial charge on any atom is 0.144 e. The van der Waals surface area contributed by atoms with Crippen molar-refractivity contribution in [2.75, 3.05) is 32.1 Å². The van der Waals surface area contributed by atoms with Crippen LogP contribution in [0.1, 0.15) is 68.2 Å². The van der Waals surface area contributed by atoms with E-state index in [1.165, 1.54) is 0 Å². The normalized spacial score (nSPS) is 19.5. The average Bonchev–Trinajstić information content (AvgIpc) is 2.71. The van der Waals surface area contributed by atoms with Gasteiger partial charge in [-0.25, -0.2) is 0 Å². The molecule has 6 atom stereocenters. The zero-order valence-corrected chi connectivity index (χ0v) is 23.2. The summed E-state index contributed by atoms with van der Waals surface area (Å²) in [6, 6.07) is 0. The molecule has 0 aliphatic carbocycles. The van der Waals surface area contributed by atoms with Crippen LogP contribution < -0.4 is 0 Å². The van der Waals surface area contributed by atoms with Crippen LogP contribution in [-0.4, -0.2) is 88.5 Å². The highest BCUT2D eigenvalue weighted by atomic mass is 31.1. The van der Waals surface area contributed by atoms with Gasteiger partial charge in [0.2, 0.25) is 0 Å². The van der Waals surface area contributed by atoms with Gasteiger partial charge in [0.15, 0.2) is 0 Å². The minimum Gasteiger partial charge on any atom is -0.394 e. The topological polar surface area (TPSA) is 123 Å². The van der Waals surface area contributed by atoms with Crippen molar-refractivity contribution in [2.45, 2.75) is 109 Å². The number of hydrogen-bond donors (Lipinski definition) is 3. The van der Waals surface area contributed by atoms with E-state index in [9.17, 15) is 19.3 Å². The second-order valence-electron chi connectivity index (χ2n) is 9.87. The van der Waals surface area contributed by atoms with Gasteiger partial charge in [0.1, 0.15) is 25.4 Å². The SMILES string of the molecule is CC(C)OC(CO)C(O)C(C)(OC(C)C)[PH](=O)CCCC[PH](=O)C(C)(C)COC(C)CO. The number of hydrogen-bond acceptors (Lipinski definition) is 8. The monoisotopic (exact) mass is 502 g/mol. The third-order valence-electron chi connectivity index (χ3n) is 5.38. The van der Waals surface area contributed by atoms with Gasteiger partial charge in [-0.1, -0.05) is 13.8 Å². The molecule has 0 fully saturated rings. The van der Waals surface area contributed by atoms with Crippen LogP contribution in [0.3, 0.4) is 0 Å². The molecule has 10 heteroatoms. The van der Waals surface area contributed by atoms with E-state index < -0.39 is 44.9 Å². The van der Waals surface area contributed by atoms with Gasteiger partial charge in [0.05, 0.1) is 45.9 Å². The van der Waals surface area contributed by atoms with E-state index in [-0.39, 0.29) is 24.9 Å². The maximum absolute atomic E-state index is 13.2. The van der Waals surface area contributed by atoms with E-state index in [1.54, 1.807) is 27.7 Å². The zero-order valence-electron chi connectivity index (χ0n) is 21.2. The lowest BCUT2D eigenvalue weighted by Gasteiger charge is -2.39. The molecule has 0 heterocycles. The van der Waals surface area contributed by atoms with Crippen molar-refractivity contribution in [3.8, 4) is 0 Å². The molecule has 0 aromatic rings. The second kappa shape index (κ2) is 15.3. The summed E-state index contributed by atoms with van der Waals surface area (Å²) in [6.45, 7) is 14.2. The quantitative estimate of drug-likeness (QED) is 0.193. The number of ether oxygens (including phenoxy) is 3. The van der Waals surface area contributed by atoms with Crippen LogP contribution in [0.25, 0.3) is 0 Å². The molecule has 0 aromatic carbocycles. The van der Waals surface area contributed by atoms with Crippen LogP contribution >= 0.6 is 15.6 Å². The molecular formula is C22H48O8P2. The van der Waals surface area contributed by atoms with Crippen LogP contribution in [0.5, 0.6) is 0 Å². The molecule has 194 valence electrons. The molecule has 6 unspecified atom stereocenters. The molecule has 0 aromatic heterocycles. The largest absolute Gasteiger partial charge is 0.394 e. The van der Waals surface area contributed by atoms with Crippen molar-refractivity contribution >= 4 is 15.6 Å². The molecular weight excluding hydrogens is 454 g/mol. The van der Waals surface area contributed by atoms with E-state index in [0.717, 1.165) is 0 Å². The Morgan fingerprint density at radius 3 is 1.81 bits per heavy atom. The molecule has 0 saturated carbocycles. The summed E-state index contributed by atoms with van der Waals surface area (Å²) in [6.07, 6.45) is -0.801. The first kappa shape index (κ1) is 32.2. The molecule has 0 aliphatic rings. The molecule has 0 saturated heterocycles. The second-order valence-corrected chi connectivity index (χ2v) is 14.9. The number of unbranched alkanes of at least 4 members (excludes halogenated alkanes) is 1. The van der Waals surface area contributed by atoms with Crippen LogP contribution in [0, 0.1) is 0 Å². The smallest absolute Gasteiger partial charge is 0.144 e. The van der Waals surface area contributed by atoms with Crippen molar-refractivity contribution in [3.05, 3.63) is 0 Å². The Hall–Kier alpha value is 0.220. The maximum atomic E-state index is 13.2. The van der Waals surface area contributed by atoms with E-state index >= 15 is 0 Å². The predicted octanol–water partition coefficient (Wildman–Crippen LogP) is 3.35. The fraction of sp³-hybridized carbons (Fsp3) is 1.00. The van der Waals surface area contributed by atoms with Crippen molar-refractivity contribution in [3.63, 3.8) is 0 Å². The fourth-order valence-corrected chi connectivity index (χ4v) is 6.80. The lowest BCUT2D eigenvalue weighted by atomic mass is 10.1. The molecule has 0 rings (SSSR count).